The van der Waals surface area contributed by atoms with Crippen LogP contribution in [0.15, 0.2) is 47.6 Å². The number of hydrogen-bond acceptors (Lipinski definition) is 3. The normalized spacial score (nSPS) is 14.5. The quantitative estimate of drug-likeness (QED) is 0.820. The molecule has 2 atom stereocenters. The lowest BCUT2D eigenvalue weighted by atomic mass is 10.1. The van der Waals surface area contributed by atoms with Gasteiger partial charge >= 0.3 is 0 Å². The Morgan fingerprint density at radius 2 is 2.29 bits per heavy atom. The van der Waals surface area contributed by atoms with Gasteiger partial charge in [-0.15, -0.1) is 17.9 Å². The smallest absolute Gasteiger partial charge is 0.126 e. The van der Waals surface area contributed by atoms with Crippen LogP contribution in [-0.2, 0) is 0 Å². The van der Waals surface area contributed by atoms with Gasteiger partial charge in [-0.2, -0.15) is 0 Å². The topological polar surface area (TPSA) is 25.2 Å². The Bertz CT molecular complexity index is 477. The van der Waals surface area contributed by atoms with Crippen LogP contribution in [-0.4, -0.2) is 6.04 Å². The minimum Gasteiger partial charge on any atom is -0.467 e. The summed E-state index contributed by atoms with van der Waals surface area (Å²) in [7, 11) is 0. The second-order valence-corrected chi connectivity index (χ2v) is 5.53. The van der Waals surface area contributed by atoms with Crippen LogP contribution in [0.4, 0.5) is 0 Å². The Hall–Kier alpha value is -1.03. The fourth-order valence-corrected chi connectivity index (χ4v) is 2.70. The van der Waals surface area contributed by atoms with Gasteiger partial charge in [0.1, 0.15) is 11.8 Å². The number of hydrogen-bond donors (Lipinski definition) is 1. The van der Waals surface area contributed by atoms with Crippen molar-refractivity contribution in [2.24, 2.45) is 0 Å². The van der Waals surface area contributed by atoms with E-state index in [0.29, 0.717) is 0 Å². The summed E-state index contributed by atoms with van der Waals surface area (Å²) in [6, 6.07) is 7.99. The van der Waals surface area contributed by atoms with Gasteiger partial charge in [-0.05, 0) is 31.2 Å². The van der Waals surface area contributed by atoms with Gasteiger partial charge in [-0.1, -0.05) is 17.7 Å². The van der Waals surface area contributed by atoms with Crippen LogP contribution in [0.3, 0.4) is 0 Å². The Morgan fingerprint density at radius 3 is 2.82 bits per heavy atom. The minimum absolute atomic E-state index is 0.0236. The molecule has 0 saturated heterocycles. The number of furan rings is 1. The largest absolute Gasteiger partial charge is 0.467 e. The molecule has 0 bridgehead atoms. The molecule has 0 saturated carbocycles. The average molecular weight is 268 g/mol. The molecule has 17 heavy (non-hydrogen) atoms. The first-order valence-electron chi connectivity index (χ1n) is 5.38. The molecule has 1 N–H and O–H groups in total. The van der Waals surface area contributed by atoms with E-state index in [2.05, 4.69) is 18.8 Å². The van der Waals surface area contributed by atoms with E-state index >= 15 is 0 Å². The summed E-state index contributed by atoms with van der Waals surface area (Å²) in [5.74, 6) is 0.886. The van der Waals surface area contributed by atoms with Gasteiger partial charge in [0.15, 0.2) is 0 Å². The van der Waals surface area contributed by atoms with E-state index in [-0.39, 0.29) is 12.1 Å². The summed E-state index contributed by atoms with van der Waals surface area (Å²) >= 11 is 7.53. The van der Waals surface area contributed by atoms with Gasteiger partial charge in [-0.3, -0.25) is 5.32 Å². The highest BCUT2D eigenvalue weighted by Crippen LogP contribution is 2.31. The Morgan fingerprint density at radius 1 is 1.47 bits per heavy atom. The van der Waals surface area contributed by atoms with Crippen LogP contribution in [0.1, 0.15) is 23.6 Å². The van der Waals surface area contributed by atoms with Crippen molar-refractivity contribution in [3.8, 4) is 0 Å². The zero-order valence-corrected chi connectivity index (χ0v) is 11.1. The lowest BCUT2D eigenvalue weighted by Crippen LogP contribution is -2.28. The monoisotopic (exact) mass is 267 g/mol. The summed E-state index contributed by atoms with van der Waals surface area (Å²) in [6.07, 6.45) is 3.54. The molecule has 2 rings (SSSR count). The van der Waals surface area contributed by atoms with Gasteiger partial charge in [0.05, 0.1) is 10.6 Å². The number of thiophene rings is 1. The molecule has 0 radical (unpaired) electrons. The fourth-order valence-electron chi connectivity index (χ4n) is 1.57. The van der Waals surface area contributed by atoms with Crippen LogP contribution in [0.5, 0.6) is 0 Å². The van der Waals surface area contributed by atoms with Crippen molar-refractivity contribution in [1.29, 1.82) is 0 Å². The predicted molar refractivity (Wildman–Crippen MR) is 72.7 cm³/mol. The van der Waals surface area contributed by atoms with E-state index in [1.54, 1.807) is 17.6 Å². The van der Waals surface area contributed by atoms with Crippen molar-refractivity contribution in [2.45, 2.75) is 19.0 Å². The summed E-state index contributed by atoms with van der Waals surface area (Å²) in [5, 5.41) is 3.44. The maximum absolute atomic E-state index is 5.98. The highest BCUT2D eigenvalue weighted by molar-refractivity contribution is 7.16. The van der Waals surface area contributed by atoms with Gasteiger partial charge in [-0.25, -0.2) is 0 Å². The number of halogens is 1. The first kappa shape index (κ1) is 12.4. The molecule has 0 aliphatic heterocycles. The zero-order chi connectivity index (χ0) is 12.3. The average Bonchev–Trinajstić information content (AvgIpc) is 2.96. The SMILES string of the molecule is C=CC(C)NC(c1ccco1)c1ccc(Cl)s1. The standard InChI is InChI=1S/C13H14ClNOS/c1-3-9(2)15-13(10-5-4-8-16-10)11-6-7-12(14)17-11/h3-9,13,15H,1H2,2H3. The molecule has 2 aromatic rings. The lowest BCUT2D eigenvalue weighted by Gasteiger charge is -2.18. The minimum atomic E-state index is 0.0236. The molecule has 4 heteroatoms. The molecule has 0 spiro atoms. The van der Waals surface area contributed by atoms with Gasteiger partial charge in [0.25, 0.3) is 0 Å². The van der Waals surface area contributed by atoms with Crippen LogP contribution in [0.2, 0.25) is 4.34 Å². The van der Waals surface area contributed by atoms with E-state index in [1.807, 2.05) is 30.3 Å². The molecule has 2 nitrogen and oxygen atoms in total. The molecule has 2 aromatic heterocycles. The molecule has 0 aliphatic rings. The third-order valence-corrected chi connectivity index (χ3v) is 3.79. The third-order valence-electron chi connectivity index (χ3n) is 2.49. The number of rotatable bonds is 5. The molecule has 2 heterocycles. The molecular weight excluding hydrogens is 254 g/mol. The van der Waals surface area contributed by atoms with Gasteiger partial charge in [0.2, 0.25) is 0 Å². The van der Waals surface area contributed by atoms with E-state index in [0.717, 1.165) is 15.0 Å². The van der Waals surface area contributed by atoms with E-state index in [9.17, 15) is 0 Å². The van der Waals surface area contributed by atoms with Crippen molar-refractivity contribution in [3.05, 3.63) is 58.2 Å². The molecule has 0 aromatic carbocycles. The van der Waals surface area contributed by atoms with E-state index in [4.69, 9.17) is 16.0 Å². The maximum atomic E-state index is 5.98. The molecule has 2 unspecified atom stereocenters. The second-order valence-electron chi connectivity index (χ2n) is 3.78. The van der Waals surface area contributed by atoms with E-state index < -0.39 is 0 Å². The summed E-state index contributed by atoms with van der Waals surface area (Å²) in [4.78, 5) is 1.14. The predicted octanol–water partition coefficient (Wildman–Crippen LogP) is 4.25. The summed E-state index contributed by atoms with van der Waals surface area (Å²) in [5.41, 5.74) is 0. The van der Waals surface area contributed by atoms with Crippen molar-refractivity contribution in [1.82, 2.24) is 5.32 Å². The Balaban J connectivity index is 2.27. The van der Waals surface area contributed by atoms with Crippen molar-refractivity contribution in [3.63, 3.8) is 0 Å². The van der Waals surface area contributed by atoms with Crippen molar-refractivity contribution < 1.29 is 4.42 Å². The van der Waals surface area contributed by atoms with Crippen LogP contribution in [0, 0.1) is 0 Å². The maximum Gasteiger partial charge on any atom is 0.126 e. The van der Waals surface area contributed by atoms with Crippen LogP contribution >= 0.6 is 22.9 Å². The number of nitrogens with one attached hydrogen (secondary N) is 1. The molecule has 0 amide bonds. The lowest BCUT2D eigenvalue weighted by molar-refractivity contribution is 0.438. The van der Waals surface area contributed by atoms with E-state index in [1.165, 1.54) is 0 Å². The highest BCUT2D eigenvalue weighted by Gasteiger charge is 2.19. The third kappa shape index (κ3) is 3.00. The molecule has 0 fully saturated rings. The molecular formula is C13H14ClNOS. The van der Waals surface area contributed by atoms with Gasteiger partial charge < -0.3 is 4.42 Å². The first-order chi connectivity index (χ1) is 8.20. The Kier molecular flexibility index (Phi) is 4.05. The van der Waals surface area contributed by atoms with Crippen molar-refractivity contribution >= 4 is 22.9 Å². The Labute approximate surface area is 110 Å². The zero-order valence-electron chi connectivity index (χ0n) is 9.52. The van der Waals surface area contributed by atoms with Gasteiger partial charge in [0, 0.05) is 10.9 Å². The summed E-state index contributed by atoms with van der Waals surface area (Å²) in [6.45, 7) is 5.83. The fraction of sp³-hybridized carbons (Fsp3) is 0.231. The molecule has 90 valence electrons. The highest BCUT2D eigenvalue weighted by atomic mass is 35.5. The van der Waals surface area contributed by atoms with Crippen molar-refractivity contribution in [2.75, 3.05) is 0 Å². The second kappa shape index (κ2) is 5.54. The summed E-state index contributed by atoms with van der Waals surface area (Å²) < 4.78 is 6.25. The van der Waals surface area contributed by atoms with Crippen LogP contribution < -0.4 is 5.32 Å². The molecule has 0 aliphatic carbocycles. The van der Waals surface area contributed by atoms with Crippen LogP contribution in [0.25, 0.3) is 0 Å². The first-order valence-corrected chi connectivity index (χ1v) is 6.57.